The van der Waals surface area contributed by atoms with E-state index in [1.54, 1.807) is 14.2 Å². The summed E-state index contributed by atoms with van der Waals surface area (Å²) in [5, 5.41) is 0. The molecule has 0 radical (unpaired) electrons. The first kappa shape index (κ1) is 18.3. The van der Waals surface area contributed by atoms with Crippen LogP contribution in [0.3, 0.4) is 0 Å². The molecule has 0 saturated carbocycles. The van der Waals surface area contributed by atoms with Crippen LogP contribution in [-0.4, -0.2) is 33.5 Å². The van der Waals surface area contributed by atoms with Gasteiger partial charge >= 0.3 is 0 Å². The Labute approximate surface area is 133 Å². The minimum absolute atomic E-state index is 0.323. The predicted octanol–water partition coefficient (Wildman–Crippen LogP) is 3.91. The fourth-order valence-corrected chi connectivity index (χ4v) is 2.72. The zero-order valence-corrected chi connectivity index (χ0v) is 14.3. The summed E-state index contributed by atoms with van der Waals surface area (Å²) >= 11 is 6.07. The number of ether oxygens (including phenoxy) is 3. The molecule has 0 heterocycles. The van der Waals surface area contributed by atoms with Crippen molar-refractivity contribution in [3.63, 3.8) is 0 Å². The Balaban J connectivity index is 2.74. The van der Waals surface area contributed by atoms with Crippen molar-refractivity contribution in [2.75, 3.05) is 33.5 Å². The minimum atomic E-state index is 0.323. The number of benzene rings is 1. The summed E-state index contributed by atoms with van der Waals surface area (Å²) in [6.07, 6.45) is 1.81. The van der Waals surface area contributed by atoms with Gasteiger partial charge in [0.15, 0.2) is 0 Å². The highest BCUT2D eigenvalue weighted by atomic mass is 35.5. The van der Waals surface area contributed by atoms with E-state index < -0.39 is 0 Å². The van der Waals surface area contributed by atoms with Crippen molar-refractivity contribution in [2.24, 2.45) is 11.8 Å². The Morgan fingerprint density at radius 3 is 2.52 bits per heavy atom. The van der Waals surface area contributed by atoms with E-state index in [-0.39, 0.29) is 0 Å². The van der Waals surface area contributed by atoms with E-state index in [0.717, 1.165) is 18.6 Å². The summed E-state index contributed by atoms with van der Waals surface area (Å²) in [4.78, 5) is 0. The molecule has 4 heteroatoms. The molecular weight excluding hydrogens is 288 g/mol. The summed E-state index contributed by atoms with van der Waals surface area (Å²) in [5.41, 5.74) is 2.47. The maximum atomic E-state index is 6.07. The molecule has 1 aromatic rings. The van der Waals surface area contributed by atoms with Gasteiger partial charge in [0.05, 0.1) is 13.7 Å². The Bertz CT molecular complexity index is 407. The second-order valence-electron chi connectivity index (χ2n) is 5.57. The molecule has 1 aromatic carbocycles. The molecule has 0 aromatic heterocycles. The lowest BCUT2D eigenvalue weighted by Crippen LogP contribution is -2.14. The van der Waals surface area contributed by atoms with Crippen LogP contribution >= 0.6 is 11.6 Å². The third kappa shape index (κ3) is 6.25. The first-order valence-corrected chi connectivity index (χ1v) is 7.94. The van der Waals surface area contributed by atoms with Gasteiger partial charge in [-0.2, -0.15) is 0 Å². The fraction of sp³-hybridized carbons (Fsp3) is 0.647. The Kier molecular flexibility index (Phi) is 8.74. The topological polar surface area (TPSA) is 27.7 Å². The lowest BCUT2D eigenvalue weighted by molar-refractivity contribution is -0.0292. The van der Waals surface area contributed by atoms with E-state index in [9.17, 15) is 0 Å². The molecule has 0 bridgehead atoms. The number of hydrogen-bond donors (Lipinski definition) is 0. The molecule has 120 valence electrons. The van der Waals surface area contributed by atoms with Gasteiger partial charge in [0.2, 0.25) is 0 Å². The maximum Gasteiger partial charge on any atom is 0.146 e. The molecular formula is C17H27ClO3. The lowest BCUT2D eigenvalue weighted by atomic mass is 9.90. The standard InChI is InChI=1S/C17H27ClO3/c1-13(2)16(11-18)10-14-5-6-17(20-4)15(9-14)7-8-21-12-19-3/h5-6,9,13,16H,7-8,10-12H2,1-4H3/t16-/m0/s1. The molecule has 0 aliphatic heterocycles. The number of alkyl halides is 1. The number of methoxy groups -OCH3 is 2. The zero-order valence-electron chi connectivity index (χ0n) is 13.5. The highest BCUT2D eigenvalue weighted by Crippen LogP contribution is 2.24. The second kappa shape index (κ2) is 10.0. The predicted molar refractivity (Wildman–Crippen MR) is 87.3 cm³/mol. The molecule has 3 nitrogen and oxygen atoms in total. The quantitative estimate of drug-likeness (QED) is 0.372. The van der Waals surface area contributed by atoms with Gasteiger partial charge in [-0.3, -0.25) is 0 Å². The Hall–Kier alpha value is -0.770. The smallest absolute Gasteiger partial charge is 0.146 e. The molecule has 0 amide bonds. The van der Waals surface area contributed by atoms with Crippen LogP contribution in [0.15, 0.2) is 18.2 Å². The van der Waals surface area contributed by atoms with E-state index in [1.165, 1.54) is 11.1 Å². The maximum absolute atomic E-state index is 6.07. The van der Waals surface area contributed by atoms with Gasteiger partial charge in [0.25, 0.3) is 0 Å². The molecule has 21 heavy (non-hydrogen) atoms. The molecule has 1 atom stereocenters. The van der Waals surface area contributed by atoms with Gasteiger partial charge in [0, 0.05) is 13.0 Å². The lowest BCUT2D eigenvalue weighted by Gasteiger charge is -2.19. The third-order valence-electron chi connectivity index (χ3n) is 3.70. The second-order valence-corrected chi connectivity index (χ2v) is 5.88. The van der Waals surface area contributed by atoms with E-state index in [1.807, 2.05) is 6.07 Å². The first-order chi connectivity index (χ1) is 10.1. The summed E-state index contributed by atoms with van der Waals surface area (Å²) < 4.78 is 15.7. The molecule has 1 rings (SSSR count). The highest BCUT2D eigenvalue weighted by molar-refractivity contribution is 6.18. The van der Waals surface area contributed by atoms with Crippen molar-refractivity contribution < 1.29 is 14.2 Å². The molecule has 0 spiro atoms. The number of hydrogen-bond acceptors (Lipinski definition) is 3. The van der Waals surface area contributed by atoms with Crippen LogP contribution < -0.4 is 4.74 Å². The Morgan fingerprint density at radius 2 is 1.95 bits per heavy atom. The van der Waals surface area contributed by atoms with Gasteiger partial charge in [-0.15, -0.1) is 11.6 Å². The molecule has 0 aliphatic rings. The van der Waals surface area contributed by atoms with E-state index >= 15 is 0 Å². The van der Waals surface area contributed by atoms with Crippen LogP contribution in [0.2, 0.25) is 0 Å². The van der Waals surface area contributed by atoms with E-state index in [0.29, 0.717) is 31.1 Å². The van der Waals surface area contributed by atoms with Crippen LogP contribution in [0.5, 0.6) is 5.75 Å². The molecule has 0 unspecified atom stereocenters. The van der Waals surface area contributed by atoms with Crippen LogP contribution in [0.4, 0.5) is 0 Å². The number of rotatable bonds is 10. The van der Waals surface area contributed by atoms with Gasteiger partial charge < -0.3 is 14.2 Å². The van der Waals surface area contributed by atoms with Crippen LogP contribution in [0, 0.1) is 11.8 Å². The molecule has 0 saturated heterocycles. The van der Waals surface area contributed by atoms with Crippen LogP contribution in [0.25, 0.3) is 0 Å². The van der Waals surface area contributed by atoms with Crippen LogP contribution in [0.1, 0.15) is 25.0 Å². The highest BCUT2D eigenvalue weighted by Gasteiger charge is 2.14. The summed E-state index contributed by atoms with van der Waals surface area (Å²) in [6, 6.07) is 6.36. The van der Waals surface area contributed by atoms with Crippen molar-refractivity contribution in [2.45, 2.75) is 26.7 Å². The molecule has 0 N–H and O–H groups in total. The number of halogens is 1. The molecule has 0 aliphatic carbocycles. The van der Waals surface area contributed by atoms with Gasteiger partial charge in [-0.05, 0) is 41.9 Å². The normalized spacial score (nSPS) is 12.7. The fourth-order valence-electron chi connectivity index (χ4n) is 2.25. The average Bonchev–Trinajstić information content (AvgIpc) is 2.49. The van der Waals surface area contributed by atoms with Gasteiger partial charge in [-0.25, -0.2) is 0 Å². The van der Waals surface area contributed by atoms with E-state index in [4.69, 9.17) is 25.8 Å². The van der Waals surface area contributed by atoms with Crippen molar-refractivity contribution in [1.29, 1.82) is 0 Å². The first-order valence-electron chi connectivity index (χ1n) is 7.40. The largest absolute Gasteiger partial charge is 0.496 e. The summed E-state index contributed by atoms with van der Waals surface area (Å²) in [5.74, 6) is 2.68. The SMILES string of the molecule is COCOCCc1cc(C[C@@H](CCl)C(C)C)ccc1OC. The third-order valence-corrected chi connectivity index (χ3v) is 4.10. The van der Waals surface area contributed by atoms with Gasteiger partial charge in [0.1, 0.15) is 12.5 Å². The molecule has 0 fully saturated rings. The van der Waals surface area contributed by atoms with Crippen molar-refractivity contribution in [3.8, 4) is 5.75 Å². The average molecular weight is 315 g/mol. The van der Waals surface area contributed by atoms with Crippen molar-refractivity contribution in [1.82, 2.24) is 0 Å². The van der Waals surface area contributed by atoms with Crippen LogP contribution in [-0.2, 0) is 22.3 Å². The van der Waals surface area contributed by atoms with Gasteiger partial charge in [-0.1, -0.05) is 26.0 Å². The minimum Gasteiger partial charge on any atom is -0.496 e. The summed E-state index contributed by atoms with van der Waals surface area (Å²) in [6.45, 7) is 5.38. The van der Waals surface area contributed by atoms with E-state index in [2.05, 4.69) is 26.0 Å². The van der Waals surface area contributed by atoms with Crippen molar-refractivity contribution >= 4 is 11.6 Å². The monoisotopic (exact) mass is 314 g/mol. The summed E-state index contributed by atoms with van der Waals surface area (Å²) in [7, 11) is 3.32. The van der Waals surface area contributed by atoms with Crippen molar-refractivity contribution in [3.05, 3.63) is 29.3 Å². The Morgan fingerprint density at radius 1 is 1.19 bits per heavy atom. The zero-order chi connectivity index (χ0) is 15.7.